The van der Waals surface area contributed by atoms with E-state index >= 15 is 0 Å². The third-order valence-corrected chi connectivity index (χ3v) is 1.87. The van der Waals surface area contributed by atoms with Gasteiger partial charge in [0.05, 0.1) is 6.54 Å². The Morgan fingerprint density at radius 2 is 2.12 bits per heavy atom. The first kappa shape index (κ1) is 12.1. The van der Waals surface area contributed by atoms with E-state index in [1.807, 2.05) is 0 Å². The molecule has 0 atom stereocenters. The van der Waals surface area contributed by atoms with Gasteiger partial charge in [-0.1, -0.05) is 6.08 Å². The number of ether oxygens (including phenoxy) is 1. The van der Waals surface area contributed by atoms with Gasteiger partial charge in [-0.05, 0) is 37.3 Å². The Kier molecular flexibility index (Phi) is 4.92. The summed E-state index contributed by atoms with van der Waals surface area (Å²) >= 11 is 0. The third kappa shape index (κ3) is 4.50. The molecule has 0 fully saturated rings. The van der Waals surface area contributed by atoms with Crippen LogP contribution < -0.4 is 15.8 Å². The van der Waals surface area contributed by atoms with Gasteiger partial charge in [-0.3, -0.25) is 4.79 Å². The average molecular weight is 220 g/mol. The molecule has 1 aromatic rings. The molecule has 0 unspecified atom stereocenters. The highest BCUT2D eigenvalue weighted by atomic mass is 16.5. The number of nitrogen functional groups attached to an aromatic ring is 1. The molecule has 86 valence electrons. The second-order valence-electron chi connectivity index (χ2n) is 3.21. The second-order valence-corrected chi connectivity index (χ2v) is 3.21. The molecule has 0 saturated carbocycles. The number of benzene rings is 1. The van der Waals surface area contributed by atoms with Crippen LogP contribution in [0.15, 0.2) is 36.4 Å². The smallest absolute Gasteiger partial charge is 0.243 e. The number of amides is 1. The molecular formula is C12H16N2O2. The molecule has 0 aliphatic heterocycles. The molecule has 3 N–H and O–H groups in total. The van der Waals surface area contributed by atoms with E-state index in [9.17, 15) is 4.79 Å². The first-order chi connectivity index (χ1) is 7.72. The van der Waals surface area contributed by atoms with Crippen LogP contribution in [0.4, 0.5) is 5.69 Å². The average Bonchev–Trinajstić information content (AvgIpc) is 2.27. The van der Waals surface area contributed by atoms with Gasteiger partial charge in [-0.2, -0.15) is 0 Å². The number of nitrogens with one attached hydrogen (secondary N) is 1. The van der Waals surface area contributed by atoms with Gasteiger partial charge in [-0.25, -0.2) is 0 Å². The summed E-state index contributed by atoms with van der Waals surface area (Å²) in [6.07, 6.45) is 3.17. The standard InChI is InChI=1S/C12H16N2O2/c1-2-3-12(15)14-8-9-16-11-6-4-10(13)5-7-11/h2-7H,8-9,13H2,1H3,(H,14,15). The molecule has 0 saturated heterocycles. The Labute approximate surface area is 95.1 Å². The predicted molar refractivity (Wildman–Crippen MR) is 64.2 cm³/mol. The molecule has 1 amide bonds. The molecule has 0 aliphatic rings. The number of allylic oxidation sites excluding steroid dienone is 1. The number of anilines is 1. The number of hydrogen-bond donors (Lipinski definition) is 2. The fraction of sp³-hybridized carbons (Fsp3) is 0.250. The Balaban J connectivity index is 2.21. The molecule has 0 heterocycles. The zero-order valence-electron chi connectivity index (χ0n) is 9.27. The lowest BCUT2D eigenvalue weighted by atomic mass is 10.3. The molecule has 0 radical (unpaired) electrons. The van der Waals surface area contributed by atoms with E-state index in [4.69, 9.17) is 10.5 Å². The molecular weight excluding hydrogens is 204 g/mol. The molecule has 1 aromatic carbocycles. The predicted octanol–water partition coefficient (Wildman–Crippen LogP) is 1.34. The van der Waals surface area contributed by atoms with E-state index in [-0.39, 0.29) is 5.91 Å². The normalized spacial score (nSPS) is 10.3. The third-order valence-electron chi connectivity index (χ3n) is 1.87. The van der Waals surface area contributed by atoms with Gasteiger partial charge in [0.1, 0.15) is 12.4 Å². The summed E-state index contributed by atoms with van der Waals surface area (Å²) in [5.74, 6) is 0.637. The number of carbonyl (C=O) groups is 1. The van der Waals surface area contributed by atoms with Crippen molar-refractivity contribution in [3.8, 4) is 5.75 Å². The molecule has 0 aliphatic carbocycles. The quantitative estimate of drug-likeness (QED) is 0.447. The van der Waals surface area contributed by atoms with Crippen molar-refractivity contribution in [3.05, 3.63) is 36.4 Å². The highest BCUT2D eigenvalue weighted by molar-refractivity contribution is 5.87. The summed E-state index contributed by atoms with van der Waals surface area (Å²) < 4.78 is 5.40. The van der Waals surface area contributed by atoms with Gasteiger partial charge in [0.2, 0.25) is 5.91 Å². The summed E-state index contributed by atoms with van der Waals surface area (Å²) in [4.78, 5) is 11.0. The fourth-order valence-corrected chi connectivity index (χ4v) is 1.12. The van der Waals surface area contributed by atoms with Gasteiger partial charge in [0.25, 0.3) is 0 Å². The first-order valence-corrected chi connectivity index (χ1v) is 5.11. The lowest BCUT2D eigenvalue weighted by Crippen LogP contribution is -2.26. The van der Waals surface area contributed by atoms with Crippen LogP contribution in [0.2, 0.25) is 0 Å². The minimum atomic E-state index is -0.108. The van der Waals surface area contributed by atoms with Crippen molar-refractivity contribution in [2.24, 2.45) is 0 Å². The fourth-order valence-electron chi connectivity index (χ4n) is 1.12. The van der Waals surface area contributed by atoms with Crippen LogP contribution in [0, 0.1) is 0 Å². The first-order valence-electron chi connectivity index (χ1n) is 5.11. The van der Waals surface area contributed by atoms with Crippen LogP contribution >= 0.6 is 0 Å². The lowest BCUT2D eigenvalue weighted by molar-refractivity contribution is -0.116. The van der Waals surface area contributed by atoms with Gasteiger partial charge in [0, 0.05) is 5.69 Å². The van der Waals surface area contributed by atoms with Crippen molar-refractivity contribution in [2.45, 2.75) is 6.92 Å². The highest BCUT2D eigenvalue weighted by Gasteiger charge is 1.95. The van der Waals surface area contributed by atoms with Crippen LogP contribution in [-0.4, -0.2) is 19.1 Å². The number of rotatable bonds is 5. The monoisotopic (exact) mass is 220 g/mol. The second kappa shape index (κ2) is 6.50. The Morgan fingerprint density at radius 1 is 1.44 bits per heavy atom. The maximum absolute atomic E-state index is 11.0. The van der Waals surface area contributed by atoms with Crippen molar-refractivity contribution >= 4 is 11.6 Å². The van der Waals surface area contributed by atoms with Gasteiger partial charge < -0.3 is 15.8 Å². The Bertz CT molecular complexity index is 358. The summed E-state index contributed by atoms with van der Waals surface area (Å²) in [6.45, 7) is 2.71. The zero-order valence-corrected chi connectivity index (χ0v) is 9.27. The molecule has 4 heteroatoms. The van der Waals surface area contributed by atoms with Crippen LogP contribution in [0.1, 0.15) is 6.92 Å². The molecule has 4 nitrogen and oxygen atoms in total. The molecule has 16 heavy (non-hydrogen) atoms. The zero-order chi connectivity index (χ0) is 11.8. The molecule has 1 rings (SSSR count). The van der Waals surface area contributed by atoms with E-state index in [2.05, 4.69) is 5.32 Å². The van der Waals surface area contributed by atoms with Crippen LogP contribution in [0.5, 0.6) is 5.75 Å². The Morgan fingerprint density at radius 3 is 2.75 bits per heavy atom. The largest absolute Gasteiger partial charge is 0.492 e. The van der Waals surface area contributed by atoms with Gasteiger partial charge >= 0.3 is 0 Å². The summed E-state index contributed by atoms with van der Waals surface area (Å²) in [5.41, 5.74) is 6.24. The summed E-state index contributed by atoms with van der Waals surface area (Å²) in [6, 6.07) is 7.13. The van der Waals surface area contributed by atoms with Gasteiger partial charge in [-0.15, -0.1) is 0 Å². The number of carbonyl (C=O) groups excluding carboxylic acids is 1. The number of hydrogen-bond acceptors (Lipinski definition) is 3. The van der Waals surface area contributed by atoms with E-state index in [1.54, 1.807) is 37.3 Å². The minimum Gasteiger partial charge on any atom is -0.492 e. The topological polar surface area (TPSA) is 64.3 Å². The molecule has 0 bridgehead atoms. The minimum absolute atomic E-state index is 0.108. The van der Waals surface area contributed by atoms with Crippen molar-refractivity contribution in [2.75, 3.05) is 18.9 Å². The molecule has 0 aromatic heterocycles. The number of nitrogens with two attached hydrogens (primary N) is 1. The van der Waals surface area contributed by atoms with Crippen LogP contribution in [0.25, 0.3) is 0 Å². The lowest BCUT2D eigenvalue weighted by Gasteiger charge is -2.06. The maximum Gasteiger partial charge on any atom is 0.243 e. The van der Waals surface area contributed by atoms with Gasteiger partial charge in [0.15, 0.2) is 0 Å². The van der Waals surface area contributed by atoms with Crippen molar-refractivity contribution in [3.63, 3.8) is 0 Å². The van der Waals surface area contributed by atoms with Crippen LogP contribution in [0.3, 0.4) is 0 Å². The molecule has 0 spiro atoms. The van der Waals surface area contributed by atoms with E-state index in [0.717, 1.165) is 5.75 Å². The highest BCUT2D eigenvalue weighted by Crippen LogP contribution is 2.12. The SMILES string of the molecule is CC=CC(=O)NCCOc1ccc(N)cc1. The summed E-state index contributed by atoms with van der Waals surface area (Å²) in [7, 11) is 0. The van der Waals surface area contributed by atoms with E-state index in [1.165, 1.54) is 6.08 Å². The maximum atomic E-state index is 11.0. The van der Waals surface area contributed by atoms with Crippen molar-refractivity contribution in [1.29, 1.82) is 0 Å². The van der Waals surface area contributed by atoms with E-state index in [0.29, 0.717) is 18.8 Å². The van der Waals surface area contributed by atoms with E-state index < -0.39 is 0 Å². The van der Waals surface area contributed by atoms with Crippen LogP contribution in [-0.2, 0) is 4.79 Å². The summed E-state index contributed by atoms with van der Waals surface area (Å²) in [5, 5.41) is 2.69. The van der Waals surface area contributed by atoms with Crippen molar-refractivity contribution < 1.29 is 9.53 Å². The Hall–Kier alpha value is -1.97. The van der Waals surface area contributed by atoms with Crippen molar-refractivity contribution in [1.82, 2.24) is 5.32 Å².